The van der Waals surface area contributed by atoms with E-state index in [0.29, 0.717) is 32.1 Å². The molecule has 2 aromatic heterocycles. The molecule has 1 unspecified atom stereocenters. The number of allylic oxidation sites excluding steroid dienone is 1. The Balaban J connectivity index is 1.45. The first-order chi connectivity index (χ1) is 20.7. The number of hydrogen-bond acceptors (Lipinski definition) is 7. The Labute approximate surface area is 253 Å². The summed E-state index contributed by atoms with van der Waals surface area (Å²) < 4.78 is 7.78. The molecule has 0 saturated heterocycles. The highest BCUT2D eigenvalue weighted by Crippen LogP contribution is 2.34. The summed E-state index contributed by atoms with van der Waals surface area (Å²) in [6.07, 6.45) is 1.57. The van der Waals surface area contributed by atoms with E-state index in [-0.39, 0.29) is 33.5 Å². The number of amides is 1. The van der Waals surface area contributed by atoms with Crippen LogP contribution in [0.4, 0.5) is 11.4 Å². The van der Waals surface area contributed by atoms with Gasteiger partial charge in [0.05, 0.1) is 32.3 Å². The average Bonchev–Trinajstić information content (AvgIpc) is 3.57. The number of halogens is 1. The first-order valence-corrected chi connectivity index (χ1v) is 14.4. The van der Waals surface area contributed by atoms with Crippen LogP contribution in [0, 0.1) is 17.0 Å². The highest BCUT2D eigenvalue weighted by atomic mass is 35.5. The van der Waals surface area contributed by atoms with Crippen LogP contribution in [-0.4, -0.2) is 15.4 Å². The van der Waals surface area contributed by atoms with Gasteiger partial charge in [-0.2, -0.15) is 0 Å². The molecule has 0 fully saturated rings. The summed E-state index contributed by atoms with van der Waals surface area (Å²) in [5.74, 6) is 0.234. The SMILES string of the molecule is CC1=C(C(=O)Nc2ccccc2)C(c2ccc(C)cc2)n2c(s/c(=C\c3ccc(-c4ccc(Cl)cc4[N+](=O)[O-])o3)c2=O)=N1. The summed E-state index contributed by atoms with van der Waals surface area (Å²) >= 11 is 7.13. The second-order valence-electron chi connectivity index (χ2n) is 9.93. The molecule has 0 radical (unpaired) electrons. The number of nitro benzene ring substituents is 1. The molecule has 1 N–H and O–H groups in total. The molecule has 0 spiro atoms. The van der Waals surface area contributed by atoms with Crippen molar-refractivity contribution in [3.63, 3.8) is 0 Å². The molecule has 3 aromatic carbocycles. The molecule has 6 rings (SSSR count). The van der Waals surface area contributed by atoms with Gasteiger partial charge in [-0.25, -0.2) is 4.99 Å². The summed E-state index contributed by atoms with van der Waals surface area (Å²) in [7, 11) is 0. The zero-order chi connectivity index (χ0) is 30.2. The van der Waals surface area contributed by atoms with Crippen LogP contribution in [0.1, 0.15) is 29.9 Å². The van der Waals surface area contributed by atoms with Crippen molar-refractivity contribution in [1.82, 2.24) is 4.57 Å². The largest absolute Gasteiger partial charge is 0.456 e. The number of fused-ring (bicyclic) bond motifs is 1. The molecule has 1 aliphatic rings. The van der Waals surface area contributed by atoms with Gasteiger partial charge in [-0.1, -0.05) is 71.0 Å². The van der Waals surface area contributed by atoms with Crippen LogP contribution < -0.4 is 20.2 Å². The average molecular weight is 611 g/mol. The van der Waals surface area contributed by atoms with E-state index in [0.717, 1.165) is 11.1 Å². The van der Waals surface area contributed by atoms with E-state index in [1.807, 2.05) is 49.4 Å². The lowest BCUT2D eigenvalue weighted by molar-refractivity contribution is -0.384. The summed E-state index contributed by atoms with van der Waals surface area (Å²) in [6.45, 7) is 3.73. The quantitative estimate of drug-likeness (QED) is 0.187. The van der Waals surface area contributed by atoms with Gasteiger partial charge in [0.15, 0.2) is 4.80 Å². The fourth-order valence-corrected chi connectivity index (χ4v) is 6.16. The number of aryl methyl sites for hydroxylation is 1. The molecule has 9 nitrogen and oxygen atoms in total. The van der Waals surface area contributed by atoms with Crippen molar-refractivity contribution in [2.24, 2.45) is 4.99 Å². The smallest absolute Gasteiger partial charge is 0.281 e. The zero-order valence-electron chi connectivity index (χ0n) is 22.9. The van der Waals surface area contributed by atoms with Gasteiger partial charge >= 0.3 is 0 Å². The fraction of sp³-hybridized carbons (Fsp3) is 0.0938. The minimum absolute atomic E-state index is 0.192. The van der Waals surface area contributed by atoms with Crippen molar-refractivity contribution < 1.29 is 14.1 Å². The number of anilines is 1. The highest BCUT2D eigenvalue weighted by Gasteiger charge is 2.32. The Morgan fingerprint density at radius 1 is 1.07 bits per heavy atom. The number of nitrogens with one attached hydrogen (secondary N) is 1. The van der Waals surface area contributed by atoms with Gasteiger partial charge in [-0.15, -0.1) is 0 Å². The third-order valence-electron chi connectivity index (χ3n) is 7.01. The molecular weight excluding hydrogens is 588 g/mol. The van der Waals surface area contributed by atoms with Crippen LogP contribution in [0.2, 0.25) is 5.02 Å². The molecular formula is C32H23ClN4O5S. The molecule has 43 heavy (non-hydrogen) atoms. The number of benzene rings is 3. The van der Waals surface area contributed by atoms with Crippen LogP contribution in [0.5, 0.6) is 0 Å². The Morgan fingerprint density at radius 2 is 1.81 bits per heavy atom. The van der Waals surface area contributed by atoms with Crippen LogP contribution >= 0.6 is 22.9 Å². The van der Waals surface area contributed by atoms with Crippen molar-refractivity contribution in [2.45, 2.75) is 19.9 Å². The third-order valence-corrected chi connectivity index (χ3v) is 8.23. The van der Waals surface area contributed by atoms with E-state index >= 15 is 0 Å². The van der Waals surface area contributed by atoms with Crippen molar-refractivity contribution >= 4 is 46.3 Å². The molecule has 0 saturated carbocycles. The van der Waals surface area contributed by atoms with Gasteiger partial charge in [0.1, 0.15) is 11.5 Å². The van der Waals surface area contributed by atoms with E-state index in [4.69, 9.17) is 16.0 Å². The van der Waals surface area contributed by atoms with Gasteiger partial charge in [0.2, 0.25) is 0 Å². The van der Waals surface area contributed by atoms with E-state index in [9.17, 15) is 19.7 Å². The van der Waals surface area contributed by atoms with Crippen LogP contribution in [0.3, 0.4) is 0 Å². The molecule has 1 amide bonds. The number of thiazole rings is 1. The standard InChI is InChI=1S/C32H23ClN4O5S/c1-18-8-10-20(11-9-18)29-28(30(38)35-22-6-4-3-5-7-22)19(2)34-32-36(29)31(39)27(43-32)17-23-13-15-26(42-23)24-14-12-21(33)16-25(24)37(40)41/h3-17,29H,1-2H3,(H,35,38)/b27-17-. The lowest BCUT2D eigenvalue weighted by atomic mass is 9.94. The molecule has 1 atom stereocenters. The van der Waals surface area contributed by atoms with E-state index in [2.05, 4.69) is 10.3 Å². The van der Waals surface area contributed by atoms with Crippen molar-refractivity contribution in [1.29, 1.82) is 0 Å². The van der Waals surface area contributed by atoms with Gasteiger partial charge in [0.25, 0.3) is 17.2 Å². The molecule has 1 aliphatic heterocycles. The van der Waals surface area contributed by atoms with E-state index in [1.54, 1.807) is 43.3 Å². The Bertz CT molecular complexity index is 2110. The maximum Gasteiger partial charge on any atom is 0.281 e. The van der Waals surface area contributed by atoms with Gasteiger partial charge < -0.3 is 9.73 Å². The lowest BCUT2D eigenvalue weighted by Gasteiger charge is -2.25. The minimum Gasteiger partial charge on any atom is -0.456 e. The first-order valence-electron chi connectivity index (χ1n) is 13.2. The molecule has 3 heterocycles. The number of hydrogen-bond donors (Lipinski definition) is 1. The van der Waals surface area contributed by atoms with Gasteiger partial charge in [0, 0.05) is 22.9 Å². The number of nitro groups is 1. The summed E-state index contributed by atoms with van der Waals surface area (Å²) in [5.41, 5.74) is 3.03. The summed E-state index contributed by atoms with van der Waals surface area (Å²) in [5, 5.41) is 14.8. The normalized spacial score (nSPS) is 14.8. The topological polar surface area (TPSA) is 120 Å². The number of furan rings is 1. The van der Waals surface area contributed by atoms with E-state index < -0.39 is 11.0 Å². The monoisotopic (exact) mass is 610 g/mol. The number of aromatic nitrogens is 1. The maximum atomic E-state index is 13.9. The number of carbonyl (C=O) groups excluding carboxylic acids is 1. The van der Waals surface area contributed by atoms with Crippen molar-refractivity contribution in [3.8, 4) is 11.3 Å². The lowest BCUT2D eigenvalue weighted by Crippen LogP contribution is -2.40. The van der Waals surface area contributed by atoms with Crippen molar-refractivity contribution in [2.75, 3.05) is 5.32 Å². The molecule has 0 aliphatic carbocycles. The van der Waals surface area contributed by atoms with Gasteiger partial charge in [-0.05, 0) is 55.8 Å². The Morgan fingerprint density at radius 3 is 2.53 bits per heavy atom. The Kier molecular flexibility index (Phi) is 7.39. The number of para-hydroxylation sites is 1. The first kappa shape index (κ1) is 28.1. The second-order valence-corrected chi connectivity index (χ2v) is 11.4. The van der Waals surface area contributed by atoms with Crippen LogP contribution in [-0.2, 0) is 4.79 Å². The Hall–Kier alpha value is -5.06. The third kappa shape index (κ3) is 5.45. The fourth-order valence-electron chi connectivity index (χ4n) is 4.96. The molecule has 11 heteroatoms. The predicted molar refractivity (Wildman–Crippen MR) is 166 cm³/mol. The van der Waals surface area contributed by atoms with Crippen LogP contribution in [0.25, 0.3) is 17.4 Å². The van der Waals surface area contributed by atoms with Gasteiger partial charge in [-0.3, -0.25) is 24.3 Å². The second kappa shape index (κ2) is 11.3. The highest BCUT2D eigenvalue weighted by molar-refractivity contribution is 7.07. The predicted octanol–water partition coefficient (Wildman–Crippen LogP) is 6.00. The molecule has 214 valence electrons. The minimum atomic E-state index is -0.716. The maximum absolute atomic E-state index is 13.9. The van der Waals surface area contributed by atoms with Crippen molar-refractivity contribution in [3.05, 3.63) is 148 Å². The summed E-state index contributed by atoms with van der Waals surface area (Å²) in [6, 6.07) is 23.6. The molecule has 5 aromatic rings. The number of nitrogens with zero attached hydrogens (tertiary/aromatic N) is 3. The number of carbonyl (C=O) groups is 1. The zero-order valence-corrected chi connectivity index (χ0v) is 24.5. The van der Waals surface area contributed by atoms with Crippen LogP contribution in [0.15, 0.2) is 110 Å². The molecule has 0 bridgehead atoms. The van der Waals surface area contributed by atoms with E-state index in [1.165, 1.54) is 28.0 Å². The number of rotatable bonds is 6. The summed E-state index contributed by atoms with van der Waals surface area (Å²) in [4.78, 5) is 43.8.